The van der Waals surface area contributed by atoms with Crippen LogP contribution in [0, 0.1) is 0 Å². The predicted molar refractivity (Wildman–Crippen MR) is 73.8 cm³/mol. The lowest BCUT2D eigenvalue weighted by atomic mass is 10.0. The Balaban J connectivity index is 2.15. The number of aromatic amines is 1. The minimum absolute atomic E-state index is 0.112. The van der Waals surface area contributed by atoms with Gasteiger partial charge in [-0.05, 0) is 19.9 Å². The van der Waals surface area contributed by atoms with Gasteiger partial charge in [0.1, 0.15) is 0 Å². The number of morpholine rings is 1. The van der Waals surface area contributed by atoms with Crippen molar-refractivity contribution in [2.24, 2.45) is 0 Å². The molecule has 1 atom stereocenters. The van der Waals surface area contributed by atoms with Crippen LogP contribution in [0.4, 0.5) is 0 Å². The van der Waals surface area contributed by atoms with Gasteiger partial charge in [-0.3, -0.25) is 9.59 Å². The molecule has 1 aliphatic rings. The molecule has 1 fully saturated rings. The Morgan fingerprint density at radius 2 is 2.30 bits per heavy atom. The lowest BCUT2D eigenvalue weighted by molar-refractivity contribution is -0.143. The molecule has 6 nitrogen and oxygen atoms in total. The molecule has 0 spiro atoms. The van der Waals surface area contributed by atoms with E-state index in [-0.39, 0.29) is 17.6 Å². The second-order valence-electron chi connectivity index (χ2n) is 5.58. The van der Waals surface area contributed by atoms with Crippen LogP contribution in [-0.2, 0) is 9.47 Å². The first kappa shape index (κ1) is 14.7. The summed E-state index contributed by atoms with van der Waals surface area (Å²) >= 11 is 0. The Hall–Kier alpha value is -1.66. The maximum atomic E-state index is 12.5. The van der Waals surface area contributed by atoms with Gasteiger partial charge in [0.05, 0.1) is 23.9 Å². The normalized spacial score (nSPS) is 21.8. The molecule has 2 rings (SSSR count). The lowest BCUT2D eigenvalue weighted by Gasteiger charge is -2.42. The molecular weight excluding hydrogens is 260 g/mol. The number of aromatic nitrogens is 1. The summed E-state index contributed by atoms with van der Waals surface area (Å²) in [4.78, 5) is 27.8. The Labute approximate surface area is 117 Å². The van der Waals surface area contributed by atoms with Gasteiger partial charge in [-0.1, -0.05) is 0 Å². The molecule has 0 saturated carbocycles. The van der Waals surface area contributed by atoms with Gasteiger partial charge in [0.2, 0.25) is 5.56 Å². The maximum absolute atomic E-state index is 12.5. The highest BCUT2D eigenvalue weighted by Gasteiger charge is 2.35. The SMILES string of the molecule is COCC1CN(C(=O)c2ccc(=O)[nH]c2)CC(C)(C)O1. The molecule has 20 heavy (non-hydrogen) atoms. The highest BCUT2D eigenvalue weighted by molar-refractivity contribution is 5.94. The summed E-state index contributed by atoms with van der Waals surface area (Å²) in [6.45, 7) is 5.32. The van der Waals surface area contributed by atoms with Gasteiger partial charge in [0.25, 0.3) is 5.91 Å². The molecule has 0 radical (unpaired) electrons. The molecule has 6 heteroatoms. The molecule has 1 amide bonds. The molecule has 1 N–H and O–H groups in total. The van der Waals surface area contributed by atoms with E-state index in [1.165, 1.54) is 18.3 Å². The number of rotatable bonds is 3. The fourth-order valence-electron chi connectivity index (χ4n) is 2.45. The summed E-state index contributed by atoms with van der Waals surface area (Å²) in [6.07, 6.45) is 1.30. The molecule has 1 aliphatic heterocycles. The molecular formula is C14H20N2O4. The zero-order valence-corrected chi connectivity index (χ0v) is 12.0. The summed E-state index contributed by atoms with van der Waals surface area (Å²) in [5, 5.41) is 0. The van der Waals surface area contributed by atoms with E-state index in [1.807, 2.05) is 13.8 Å². The summed E-state index contributed by atoms with van der Waals surface area (Å²) in [7, 11) is 1.61. The van der Waals surface area contributed by atoms with Crippen molar-refractivity contribution in [1.29, 1.82) is 0 Å². The minimum atomic E-state index is -0.417. The first-order valence-electron chi connectivity index (χ1n) is 6.56. The average molecular weight is 280 g/mol. The topological polar surface area (TPSA) is 71.6 Å². The van der Waals surface area contributed by atoms with Gasteiger partial charge in [-0.25, -0.2) is 0 Å². The van der Waals surface area contributed by atoms with Crippen LogP contribution in [-0.4, -0.2) is 54.3 Å². The maximum Gasteiger partial charge on any atom is 0.255 e. The van der Waals surface area contributed by atoms with Gasteiger partial charge >= 0.3 is 0 Å². The quantitative estimate of drug-likeness (QED) is 0.882. The van der Waals surface area contributed by atoms with Crippen molar-refractivity contribution in [3.8, 4) is 0 Å². The molecule has 2 heterocycles. The van der Waals surface area contributed by atoms with Crippen LogP contribution >= 0.6 is 0 Å². The van der Waals surface area contributed by atoms with E-state index in [1.54, 1.807) is 12.0 Å². The minimum Gasteiger partial charge on any atom is -0.382 e. The van der Waals surface area contributed by atoms with Crippen molar-refractivity contribution < 1.29 is 14.3 Å². The van der Waals surface area contributed by atoms with Crippen molar-refractivity contribution in [2.45, 2.75) is 25.6 Å². The number of hydrogen-bond donors (Lipinski definition) is 1. The van der Waals surface area contributed by atoms with Crippen LogP contribution in [0.3, 0.4) is 0 Å². The first-order valence-corrected chi connectivity index (χ1v) is 6.56. The summed E-state index contributed by atoms with van der Waals surface area (Å²) in [6, 6.07) is 2.89. The van der Waals surface area contributed by atoms with Crippen molar-refractivity contribution in [2.75, 3.05) is 26.8 Å². The highest BCUT2D eigenvalue weighted by Crippen LogP contribution is 2.22. The predicted octanol–water partition coefficient (Wildman–Crippen LogP) is 0.641. The third-order valence-corrected chi connectivity index (χ3v) is 3.15. The fourth-order valence-corrected chi connectivity index (χ4v) is 2.45. The first-order chi connectivity index (χ1) is 9.41. The summed E-state index contributed by atoms with van der Waals surface area (Å²) in [5.41, 5.74) is -0.168. The second-order valence-corrected chi connectivity index (χ2v) is 5.58. The number of nitrogens with one attached hydrogen (secondary N) is 1. The zero-order valence-electron chi connectivity index (χ0n) is 12.0. The number of nitrogens with zero attached hydrogens (tertiary/aromatic N) is 1. The molecule has 1 aromatic rings. The van der Waals surface area contributed by atoms with Crippen molar-refractivity contribution in [1.82, 2.24) is 9.88 Å². The number of pyridine rings is 1. The molecule has 0 bridgehead atoms. The molecule has 1 aromatic heterocycles. The van der Waals surface area contributed by atoms with E-state index >= 15 is 0 Å². The van der Waals surface area contributed by atoms with Crippen LogP contribution in [0.1, 0.15) is 24.2 Å². The number of carbonyl (C=O) groups excluding carboxylic acids is 1. The van der Waals surface area contributed by atoms with Crippen LogP contribution < -0.4 is 5.56 Å². The standard InChI is InChI=1S/C14H20N2O4/c1-14(2)9-16(7-11(20-14)8-19-3)13(18)10-4-5-12(17)15-6-10/h4-6,11H,7-9H2,1-3H3,(H,15,17). The van der Waals surface area contributed by atoms with Crippen LogP contribution in [0.25, 0.3) is 0 Å². The molecule has 0 aliphatic carbocycles. The van der Waals surface area contributed by atoms with E-state index in [0.29, 0.717) is 25.3 Å². The third-order valence-electron chi connectivity index (χ3n) is 3.15. The van der Waals surface area contributed by atoms with Crippen LogP contribution in [0.5, 0.6) is 0 Å². The van der Waals surface area contributed by atoms with Crippen LogP contribution in [0.15, 0.2) is 23.1 Å². The number of H-pyrrole nitrogens is 1. The molecule has 110 valence electrons. The Morgan fingerprint density at radius 3 is 2.90 bits per heavy atom. The second kappa shape index (κ2) is 5.76. The number of ether oxygens (including phenoxy) is 2. The molecule has 1 saturated heterocycles. The van der Waals surface area contributed by atoms with Crippen LogP contribution in [0.2, 0.25) is 0 Å². The van der Waals surface area contributed by atoms with Crippen molar-refractivity contribution in [3.63, 3.8) is 0 Å². The van der Waals surface area contributed by atoms with Gasteiger partial charge in [0, 0.05) is 32.5 Å². The smallest absolute Gasteiger partial charge is 0.255 e. The van der Waals surface area contributed by atoms with Gasteiger partial charge in [0.15, 0.2) is 0 Å². The van der Waals surface area contributed by atoms with E-state index in [0.717, 1.165) is 0 Å². The van der Waals surface area contributed by atoms with Gasteiger partial charge in [-0.2, -0.15) is 0 Å². The van der Waals surface area contributed by atoms with Crippen molar-refractivity contribution >= 4 is 5.91 Å². The number of amides is 1. The number of methoxy groups -OCH3 is 1. The Morgan fingerprint density at radius 1 is 1.55 bits per heavy atom. The molecule has 1 unspecified atom stereocenters. The Bertz CT molecular complexity index is 518. The highest BCUT2D eigenvalue weighted by atomic mass is 16.5. The van der Waals surface area contributed by atoms with E-state index in [2.05, 4.69) is 4.98 Å². The fraction of sp³-hybridized carbons (Fsp3) is 0.571. The number of carbonyl (C=O) groups is 1. The third kappa shape index (κ3) is 3.46. The Kier molecular flexibility index (Phi) is 4.25. The average Bonchev–Trinajstić information content (AvgIpc) is 2.37. The van der Waals surface area contributed by atoms with Crippen molar-refractivity contribution in [3.05, 3.63) is 34.2 Å². The largest absolute Gasteiger partial charge is 0.382 e. The molecule has 0 aromatic carbocycles. The monoisotopic (exact) mass is 280 g/mol. The number of hydrogen-bond acceptors (Lipinski definition) is 4. The summed E-state index contributed by atoms with van der Waals surface area (Å²) in [5.74, 6) is -0.112. The summed E-state index contributed by atoms with van der Waals surface area (Å²) < 4.78 is 11.0. The lowest BCUT2D eigenvalue weighted by Crippen LogP contribution is -2.55. The van der Waals surface area contributed by atoms with E-state index in [9.17, 15) is 9.59 Å². The van der Waals surface area contributed by atoms with E-state index < -0.39 is 5.60 Å². The van der Waals surface area contributed by atoms with E-state index in [4.69, 9.17) is 9.47 Å². The van der Waals surface area contributed by atoms with Gasteiger partial charge in [-0.15, -0.1) is 0 Å². The zero-order chi connectivity index (χ0) is 14.8. The van der Waals surface area contributed by atoms with Gasteiger partial charge < -0.3 is 19.4 Å².